The molecule has 0 aromatic heterocycles. The van der Waals surface area contributed by atoms with E-state index in [1.807, 2.05) is 12.1 Å². The number of nitrogens with one attached hydrogen (secondary N) is 1. The second-order valence-electron chi connectivity index (χ2n) is 6.18. The first-order valence-electron chi connectivity index (χ1n) is 7.95. The monoisotopic (exact) mass is 309 g/mol. The lowest BCUT2D eigenvalue weighted by molar-refractivity contribution is 0.101. The molecule has 4 heteroatoms. The van der Waals surface area contributed by atoms with Crippen LogP contribution in [0.1, 0.15) is 18.9 Å². The maximum atomic E-state index is 6.32. The quantitative estimate of drug-likeness (QED) is 0.871. The molecule has 2 atom stereocenters. The highest BCUT2D eigenvalue weighted by atomic mass is 35.5. The molecular formula is C17H28ClN3. The number of benzene rings is 1. The predicted octanol–water partition coefficient (Wildman–Crippen LogP) is 2.50. The smallest absolute Gasteiger partial charge is 0.0438 e. The van der Waals surface area contributed by atoms with Crippen LogP contribution in [0.15, 0.2) is 24.3 Å². The van der Waals surface area contributed by atoms with E-state index in [1.165, 1.54) is 18.5 Å². The largest absolute Gasteiger partial charge is 0.314 e. The van der Waals surface area contributed by atoms with E-state index in [1.54, 1.807) is 0 Å². The summed E-state index contributed by atoms with van der Waals surface area (Å²) < 4.78 is 0. The fourth-order valence-electron chi connectivity index (χ4n) is 3.14. The fourth-order valence-corrected chi connectivity index (χ4v) is 3.35. The van der Waals surface area contributed by atoms with Crippen molar-refractivity contribution in [3.63, 3.8) is 0 Å². The number of hydrogen-bond acceptors (Lipinski definition) is 3. The number of halogens is 1. The average Bonchev–Trinajstić information content (AvgIpc) is 2.45. The van der Waals surface area contributed by atoms with Gasteiger partial charge in [-0.3, -0.25) is 0 Å². The Labute approximate surface area is 134 Å². The molecular weight excluding hydrogens is 282 g/mol. The van der Waals surface area contributed by atoms with Crippen molar-refractivity contribution in [2.75, 3.05) is 40.3 Å². The lowest BCUT2D eigenvalue weighted by Gasteiger charge is -2.39. The molecule has 1 aliphatic rings. The van der Waals surface area contributed by atoms with Crippen molar-refractivity contribution in [2.24, 2.45) is 0 Å². The number of rotatable bonds is 6. The topological polar surface area (TPSA) is 18.5 Å². The minimum Gasteiger partial charge on any atom is -0.314 e. The molecule has 0 spiro atoms. The van der Waals surface area contributed by atoms with Gasteiger partial charge >= 0.3 is 0 Å². The van der Waals surface area contributed by atoms with Gasteiger partial charge in [0.1, 0.15) is 0 Å². The van der Waals surface area contributed by atoms with Gasteiger partial charge in [0.2, 0.25) is 0 Å². The van der Waals surface area contributed by atoms with Crippen LogP contribution in [-0.2, 0) is 6.42 Å². The van der Waals surface area contributed by atoms with Crippen LogP contribution < -0.4 is 5.32 Å². The molecule has 1 N–H and O–H groups in total. The Bertz CT molecular complexity index is 438. The van der Waals surface area contributed by atoms with Gasteiger partial charge in [-0.25, -0.2) is 0 Å². The van der Waals surface area contributed by atoms with Crippen molar-refractivity contribution in [3.8, 4) is 0 Å². The van der Waals surface area contributed by atoms with E-state index in [2.05, 4.69) is 48.3 Å². The summed E-state index contributed by atoms with van der Waals surface area (Å²) in [6.07, 6.45) is 2.17. The molecule has 3 nitrogen and oxygen atoms in total. The van der Waals surface area contributed by atoms with E-state index in [-0.39, 0.29) is 0 Å². The molecule has 0 bridgehead atoms. The maximum Gasteiger partial charge on any atom is 0.0438 e. The summed E-state index contributed by atoms with van der Waals surface area (Å²) in [6, 6.07) is 9.30. The van der Waals surface area contributed by atoms with Crippen molar-refractivity contribution >= 4 is 11.6 Å². The maximum absolute atomic E-state index is 6.32. The van der Waals surface area contributed by atoms with E-state index in [0.29, 0.717) is 12.1 Å². The van der Waals surface area contributed by atoms with Gasteiger partial charge in [0.15, 0.2) is 0 Å². The SMILES string of the molecule is CCNC(Cc1ccccc1Cl)CC1CN(C)CCN1C. The van der Waals surface area contributed by atoms with Crippen LogP contribution in [0, 0.1) is 0 Å². The Morgan fingerprint density at radius 2 is 2.05 bits per heavy atom. The molecule has 1 saturated heterocycles. The van der Waals surface area contributed by atoms with Gasteiger partial charge in [0.25, 0.3) is 0 Å². The molecule has 1 aromatic carbocycles. The number of nitrogens with zero attached hydrogens (tertiary/aromatic N) is 2. The van der Waals surface area contributed by atoms with Crippen molar-refractivity contribution < 1.29 is 0 Å². The van der Waals surface area contributed by atoms with E-state index in [0.717, 1.165) is 31.1 Å². The summed E-state index contributed by atoms with van der Waals surface area (Å²) in [5, 5.41) is 4.52. The average molecular weight is 310 g/mol. The third-order valence-corrected chi connectivity index (χ3v) is 4.82. The summed E-state index contributed by atoms with van der Waals surface area (Å²) in [5.74, 6) is 0. The second kappa shape index (κ2) is 8.14. The Morgan fingerprint density at radius 3 is 2.76 bits per heavy atom. The molecule has 0 aliphatic carbocycles. The lowest BCUT2D eigenvalue weighted by atomic mass is 9.97. The molecule has 1 aliphatic heterocycles. The fraction of sp³-hybridized carbons (Fsp3) is 0.647. The highest BCUT2D eigenvalue weighted by Gasteiger charge is 2.25. The molecule has 2 rings (SSSR count). The third kappa shape index (κ3) is 4.96. The zero-order valence-corrected chi connectivity index (χ0v) is 14.2. The number of hydrogen-bond donors (Lipinski definition) is 1. The third-order valence-electron chi connectivity index (χ3n) is 4.45. The van der Waals surface area contributed by atoms with Gasteiger partial charge in [-0.2, -0.15) is 0 Å². The van der Waals surface area contributed by atoms with Crippen molar-refractivity contribution in [3.05, 3.63) is 34.9 Å². The van der Waals surface area contributed by atoms with Gasteiger partial charge in [-0.15, -0.1) is 0 Å². The highest BCUT2D eigenvalue weighted by molar-refractivity contribution is 6.31. The standard InChI is InChI=1S/C17H28ClN3/c1-4-19-15(11-14-7-5-6-8-17(14)18)12-16-13-20(2)9-10-21(16)3/h5-8,15-16,19H,4,9-13H2,1-3H3. The van der Waals surface area contributed by atoms with Crippen LogP contribution in [-0.4, -0.2) is 62.2 Å². The highest BCUT2D eigenvalue weighted by Crippen LogP contribution is 2.20. The zero-order valence-electron chi connectivity index (χ0n) is 13.5. The molecule has 21 heavy (non-hydrogen) atoms. The van der Waals surface area contributed by atoms with Crippen LogP contribution in [0.25, 0.3) is 0 Å². The summed E-state index contributed by atoms with van der Waals surface area (Å²) >= 11 is 6.32. The van der Waals surface area contributed by atoms with Crippen LogP contribution in [0.5, 0.6) is 0 Å². The molecule has 0 radical (unpaired) electrons. The molecule has 1 heterocycles. The first-order chi connectivity index (χ1) is 10.1. The molecule has 0 amide bonds. The lowest BCUT2D eigenvalue weighted by Crippen LogP contribution is -2.52. The summed E-state index contributed by atoms with van der Waals surface area (Å²) in [6.45, 7) is 6.66. The number of likely N-dealkylation sites (N-methyl/N-ethyl adjacent to an activating group) is 3. The van der Waals surface area contributed by atoms with Gasteiger partial charge in [0, 0.05) is 36.7 Å². The van der Waals surface area contributed by atoms with Crippen molar-refractivity contribution in [2.45, 2.75) is 31.8 Å². The van der Waals surface area contributed by atoms with E-state index in [9.17, 15) is 0 Å². The Morgan fingerprint density at radius 1 is 1.29 bits per heavy atom. The zero-order chi connectivity index (χ0) is 15.2. The van der Waals surface area contributed by atoms with E-state index < -0.39 is 0 Å². The molecule has 118 valence electrons. The normalized spacial score (nSPS) is 22.4. The Hall–Kier alpha value is -0.610. The molecule has 1 fully saturated rings. The Kier molecular flexibility index (Phi) is 6.49. The van der Waals surface area contributed by atoms with Gasteiger partial charge in [0.05, 0.1) is 0 Å². The van der Waals surface area contributed by atoms with Crippen molar-refractivity contribution in [1.29, 1.82) is 0 Å². The molecule has 1 aromatic rings. The van der Waals surface area contributed by atoms with E-state index in [4.69, 9.17) is 11.6 Å². The van der Waals surface area contributed by atoms with E-state index >= 15 is 0 Å². The summed E-state index contributed by atoms with van der Waals surface area (Å²) in [4.78, 5) is 4.93. The van der Waals surface area contributed by atoms with Crippen LogP contribution in [0.4, 0.5) is 0 Å². The van der Waals surface area contributed by atoms with Gasteiger partial charge < -0.3 is 15.1 Å². The summed E-state index contributed by atoms with van der Waals surface area (Å²) in [5.41, 5.74) is 1.25. The van der Waals surface area contributed by atoms with Crippen LogP contribution >= 0.6 is 11.6 Å². The minimum absolute atomic E-state index is 0.480. The second-order valence-corrected chi connectivity index (χ2v) is 6.59. The first-order valence-corrected chi connectivity index (χ1v) is 8.33. The first kappa shape index (κ1) is 16.8. The predicted molar refractivity (Wildman–Crippen MR) is 91.2 cm³/mol. The summed E-state index contributed by atoms with van der Waals surface area (Å²) in [7, 11) is 4.46. The van der Waals surface area contributed by atoms with Crippen molar-refractivity contribution in [1.82, 2.24) is 15.1 Å². The van der Waals surface area contributed by atoms with Gasteiger partial charge in [-0.1, -0.05) is 36.7 Å². The molecule has 2 unspecified atom stereocenters. The number of piperazine rings is 1. The van der Waals surface area contributed by atoms with Crippen LogP contribution in [0.3, 0.4) is 0 Å². The molecule has 0 saturated carbocycles. The van der Waals surface area contributed by atoms with Gasteiger partial charge in [-0.05, 0) is 45.1 Å². The van der Waals surface area contributed by atoms with Crippen LogP contribution in [0.2, 0.25) is 5.02 Å². The Balaban J connectivity index is 2.00. The minimum atomic E-state index is 0.480.